The lowest BCUT2D eigenvalue weighted by molar-refractivity contribution is 1.08. The molecule has 0 aliphatic rings. The molecule has 3 nitrogen and oxygen atoms in total. The van der Waals surface area contributed by atoms with Crippen molar-refractivity contribution in [2.24, 2.45) is 0 Å². The van der Waals surface area contributed by atoms with E-state index in [1.165, 1.54) is 43.8 Å². The van der Waals surface area contributed by atoms with Gasteiger partial charge >= 0.3 is 0 Å². The van der Waals surface area contributed by atoms with Gasteiger partial charge in [-0.2, -0.15) is 0 Å². The summed E-state index contributed by atoms with van der Waals surface area (Å²) in [5.74, 6) is 1.91. The van der Waals surface area contributed by atoms with Crippen LogP contribution in [0.5, 0.6) is 0 Å². The Bertz CT molecular complexity index is 3340. The third kappa shape index (κ3) is 5.98. The second-order valence-corrected chi connectivity index (χ2v) is 14.8. The largest absolute Gasteiger partial charge is 0.208 e. The third-order valence-corrected chi connectivity index (χ3v) is 11.3. The first-order valence-electron chi connectivity index (χ1n) is 19.7. The quantitative estimate of drug-likeness (QED) is 0.171. The molecular formula is C55H35N3. The summed E-state index contributed by atoms with van der Waals surface area (Å²) in [7, 11) is 0. The van der Waals surface area contributed by atoms with E-state index >= 15 is 0 Å². The van der Waals surface area contributed by atoms with Crippen LogP contribution in [0.3, 0.4) is 0 Å². The number of hydrogen-bond acceptors (Lipinski definition) is 3. The highest BCUT2D eigenvalue weighted by Gasteiger charge is 2.19. The summed E-state index contributed by atoms with van der Waals surface area (Å²) in [5.41, 5.74) is 9.82. The van der Waals surface area contributed by atoms with Crippen molar-refractivity contribution in [3.05, 3.63) is 212 Å². The second-order valence-electron chi connectivity index (χ2n) is 14.8. The van der Waals surface area contributed by atoms with Crippen molar-refractivity contribution >= 4 is 43.1 Å². The number of rotatable bonds is 6. The molecule has 0 unspecified atom stereocenters. The van der Waals surface area contributed by atoms with Crippen LogP contribution in [0.1, 0.15) is 0 Å². The maximum atomic E-state index is 5.33. The van der Waals surface area contributed by atoms with Crippen LogP contribution in [0.4, 0.5) is 0 Å². The van der Waals surface area contributed by atoms with E-state index in [1.807, 2.05) is 0 Å². The predicted molar refractivity (Wildman–Crippen MR) is 242 cm³/mol. The fourth-order valence-corrected chi connectivity index (χ4v) is 8.42. The zero-order chi connectivity index (χ0) is 38.4. The van der Waals surface area contributed by atoms with E-state index in [-0.39, 0.29) is 0 Å². The third-order valence-electron chi connectivity index (χ3n) is 11.3. The molecule has 0 N–H and O–H groups in total. The maximum absolute atomic E-state index is 5.33. The fourth-order valence-electron chi connectivity index (χ4n) is 8.42. The van der Waals surface area contributed by atoms with Gasteiger partial charge in [-0.3, -0.25) is 0 Å². The average Bonchev–Trinajstić information content (AvgIpc) is 3.30. The molecule has 58 heavy (non-hydrogen) atoms. The van der Waals surface area contributed by atoms with Crippen LogP contribution in [0.25, 0.3) is 111 Å². The molecule has 11 rings (SSSR count). The van der Waals surface area contributed by atoms with Gasteiger partial charge in [0.15, 0.2) is 17.5 Å². The molecule has 0 bridgehead atoms. The molecular weight excluding hydrogens is 703 g/mol. The molecule has 1 heterocycles. The highest BCUT2D eigenvalue weighted by Crippen LogP contribution is 2.38. The molecule has 0 fully saturated rings. The van der Waals surface area contributed by atoms with E-state index in [9.17, 15) is 0 Å². The minimum absolute atomic E-state index is 0.631. The molecule has 0 atom stereocenters. The monoisotopic (exact) mass is 737 g/mol. The number of aromatic nitrogens is 3. The van der Waals surface area contributed by atoms with Crippen molar-refractivity contribution < 1.29 is 0 Å². The van der Waals surface area contributed by atoms with E-state index < -0.39 is 0 Å². The first kappa shape index (κ1) is 33.6. The van der Waals surface area contributed by atoms with E-state index in [0.29, 0.717) is 17.5 Å². The molecule has 0 aliphatic carbocycles. The van der Waals surface area contributed by atoms with Crippen molar-refractivity contribution in [3.8, 4) is 67.5 Å². The summed E-state index contributed by atoms with van der Waals surface area (Å²) in [4.78, 5) is 15.9. The maximum Gasteiger partial charge on any atom is 0.164 e. The van der Waals surface area contributed by atoms with Gasteiger partial charge in [-0.05, 0) is 94.7 Å². The first-order chi connectivity index (χ1) is 28.7. The van der Waals surface area contributed by atoms with Gasteiger partial charge in [0.05, 0.1) is 0 Å². The van der Waals surface area contributed by atoms with Crippen LogP contribution >= 0.6 is 0 Å². The molecule has 1 aromatic heterocycles. The number of hydrogen-bond donors (Lipinski definition) is 0. The van der Waals surface area contributed by atoms with Crippen LogP contribution < -0.4 is 0 Å². The fraction of sp³-hybridized carbons (Fsp3) is 0. The van der Waals surface area contributed by atoms with Crippen LogP contribution in [0.15, 0.2) is 212 Å². The van der Waals surface area contributed by atoms with Crippen molar-refractivity contribution in [2.45, 2.75) is 0 Å². The molecule has 0 radical (unpaired) electrons. The van der Waals surface area contributed by atoms with Crippen molar-refractivity contribution in [3.63, 3.8) is 0 Å². The summed E-state index contributed by atoms with van der Waals surface area (Å²) in [6.45, 7) is 0. The Kier molecular flexibility index (Phi) is 8.15. The van der Waals surface area contributed by atoms with Gasteiger partial charge in [-0.15, -0.1) is 0 Å². The average molecular weight is 738 g/mol. The van der Waals surface area contributed by atoms with E-state index in [1.54, 1.807) is 0 Å². The number of nitrogens with zero attached hydrogens (tertiary/aromatic N) is 3. The van der Waals surface area contributed by atoms with E-state index in [0.717, 1.165) is 49.4 Å². The Hall–Kier alpha value is -7.75. The summed E-state index contributed by atoms with van der Waals surface area (Å²) < 4.78 is 0. The van der Waals surface area contributed by atoms with Gasteiger partial charge in [0.1, 0.15) is 0 Å². The molecule has 3 heteroatoms. The summed E-state index contributed by atoms with van der Waals surface area (Å²) >= 11 is 0. The normalized spacial score (nSPS) is 11.4. The molecule has 10 aromatic carbocycles. The van der Waals surface area contributed by atoms with Gasteiger partial charge in [-0.1, -0.05) is 194 Å². The van der Waals surface area contributed by atoms with Gasteiger partial charge in [0.2, 0.25) is 0 Å². The Morgan fingerprint density at radius 1 is 0.207 bits per heavy atom. The highest BCUT2D eigenvalue weighted by molar-refractivity contribution is 6.04. The van der Waals surface area contributed by atoms with Crippen molar-refractivity contribution in [1.29, 1.82) is 0 Å². The predicted octanol–water partition coefficient (Wildman–Crippen LogP) is 14.5. The number of benzene rings is 10. The lowest BCUT2D eigenvalue weighted by atomic mass is 9.94. The lowest BCUT2D eigenvalue weighted by Gasteiger charge is -2.15. The first-order valence-corrected chi connectivity index (χ1v) is 19.7. The standard InChI is InChI=1S/C55H35N3/c1-2-14-37(15-3-1)45-22-11-24-49-48(45)23-12-26-52(49)55-57-53(56-54(58-55)51-25-10-18-38-16-6-7-19-46(38)51)50-21-9-8-20-47(50)44-32-31-42-34-41(29-30-43(42)35-44)40-28-27-36-13-4-5-17-39(36)33-40/h1-35H. The molecule has 0 aliphatic heterocycles. The van der Waals surface area contributed by atoms with E-state index in [2.05, 4.69) is 212 Å². The molecule has 0 amide bonds. The SMILES string of the molecule is c1ccc(-c2cccc3c(-c4nc(-c5ccccc5-c5ccc6cc(-c7ccc8ccccc8c7)ccc6c5)nc(-c5cccc6ccccc56)n4)cccc23)cc1. The Labute approximate surface area is 336 Å². The molecule has 0 saturated heterocycles. The molecule has 270 valence electrons. The lowest BCUT2D eigenvalue weighted by Crippen LogP contribution is -2.02. The van der Waals surface area contributed by atoms with Gasteiger partial charge in [0.25, 0.3) is 0 Å². The van der Waals surface area contributed by atoms with Crippen molar-refractivity contribution in [2.75, 3.05) is 0 Å². The molecule has 11 aromatic rings. The molecule has 0 saturated carbocycles. The summed E-state index contributed by atoms with van der Waals surface area (Å²) in [6, 6.07) is 75.4. The van der Waals surface area contributed by atoms with Gasteiger partial charge in [0, 0.05) is 16.7 Å². The second kappa shape index (κ2) is 14.1. The smallest absolute Gasteiger partial charge is 0.164 e. The molecule has 0 spiro atoms. The van der Waals surface area contributed by atoms with Crippen molar-refractivity contribution in [1.82, 2.24) is 15.0 Å². The van der Waals surface area contributed by atoms with Gasteiger partial charge in [-0.25, -0.2) is 15.0 Å². The van der Waals surface area contributed by atoms with Gasteiger partial charge < -0.3 is 0 Å². The zero-order valence-corrected chi connectivity index (χ0v) is 31.5. The minimum atomic E-state index is 0.631. The number of fused-ring (bicyclic) bond motifs is 4. The van der Waals surface area contributed by atoms with Crippen LogP contribution in [-0.2, 0) is 0 Å². The minimum Gasteiger partial charge on any atom is -0.208 e. The Balaban J connectivity index is 1.07. The van der Waals surface area contributed by atoms with Crippen LogP contribution in [0, 0.1) is 0 Å². The van der Waals surface area contributed by atoms with Crippen LogP contribution in [0.2, 0.25) is 0 Å². The summed E-state index contributed by atoms with van der Waals surface area (Å²) in [6.07, 6.45) is 0. The van der Waals surface area contributed by atoms with Crippen LogP contribution in [-0.4, -0.2) is 15.0 Å². The van der Waals surface area contributed by atoms with E-state index in [4.69, 9.17) is 15.0 Å². The highest BCUT2D eigenvalue weighted by atomic mass is 15.0. The Morgan fingerprint density at radius 3 is 1.34 bits per heavy atom. The zero-order valence-electron chi connectivity index (χ0n) is 31.5. The summed E-state index contributed by atoms with van der Waals surface area (Å²) in [5, 5.41) is 9.35. The Morgan fingerprint density at radius 2 is 0.621 bits per heavy atom. The topological polar surface area (TPSA) is 38.7 Å².